The van der Waals surface area contributed by atoms with E-state index in [1.54, 1.807) is 31.4 Å². The Morgan fingerprint density at radius 2 is 1.69 bits per heavy atom. The van der Waals surface area contributed by atoms with Crippen LogP contribution in [-0.4, -0.2) is 52.3 Å². The highest BCUT2D eigenvalue weighted by atomic mass is 32.2. The second kappa shape index (κ2) is 11.1. The van der Waals surface area contributed by atoms with Gasteiger partial charge in [0, 0.05) is 20.5 Å². The zero-order chi connectivity index (χ0) is 26.5. The first kappa shape index (κ1) is 27.2. The quantitative estimate of drug-likeness (QED) is 0.372. The fourth-order valence-corrected chi connectivity index (χ4v) is 4.42. The predicted molar refractivity (Wildman–Crippen MR) is 138 cm³/mol. The number of benzene rings is 2. The molecule has 1 aliphatic rings. The van der Waals surface area contributed by atoms with E-state index in [0.717, 1.165) is 28.5 Å². The lowest BCUT2D eigenvalue weighted by Crippen LogP contribution is -2.51. The molecule has 3 rings (SSSR count). The van der Waals surface area contributed by atoms with Gasteiger partial charge in [-0.15, -0.1) is 0 Å². The van der Waals surface area contributed by atoms with Crippen LogP contribution in [0.2, 0.25) is 0 Å². The molecule has 0 fully saturated rings. The number of nitrogens with zero attached hydrogens (tertiary/aromatic N) is 1. The van der Waals surface area contributed by atoms with Crippen LogP contribution >= 0.6 is 0 Å². The van der Waals surface area contributed by atoms with Crippen molar-refractivity contribution in [2.75, 3.05) is 27.8 Å². The average molecular weight is 516 g/mol. The number of hydrogen-bond acceptors (Lipinski definition) is 6. The van der Waals surface area contributed by atoms with Crippen LogP contribution in [0.15, 0.2) is 54.1 Å². The molecule has 0 aliphatic carbocycles. The zero-order valence-electron chi connectivity index (χ0n) is 21.3. The molecular weight excluding hydrogens is 482 g/mol. The fourth-order valence-electron chi connectivity index (χ4n) is 3.90. The minimum atomic E-state index is -4.10. The SMILES string of the molecule is CCCCOc1ccc([C@]2(C)CC(c3ccc(OC)cc3)=C(C(=O)NS(=O)(=O)N(C)C)C(=O)N2)cc1. The molecular formula is C26H33N3O6S. The van der Waals surface area contributed by atoms with Crippen LogP contribution in [0.5, 0.6) is 11.5 Å². The average Bonchev–Trinajstić information content (AvgIpc) is 2.83. The molecule has 36 heavy (non-hydrogen) atoms. The van der Waals surface area contributed by atoms with Gasteiger partial charge in [-0.05, 0) is 54.3 Å². The number of carbonyl (C=O) groups is 2. The molecule has 2 aromatic rings. The Kier molecular flexibility index (Phi) is 8.42. The summed E-state index contributed by atoms with van der Waals surface area (Å²) in [5.41, 5.74) is 0.772. The molecule has 2 N–H and O–H groups in total. The molecule has 0 radical (unpaired) electrons. The van der Waals surface area contributed by atoms with Crippen LogP contribution in [-0.2, 0) is 25.3 Å². The summed E-state index contributed by atoms with van der Waals surface area (Å²) in [6, 6.07) is 14.4. The molecule has 1 heterocycles. The predicted octanol–water partition coefficient (Wildman–Crippen LogP) is 2.99. The van der Waals surface area contributed by atoms with Crippen LogP contribution in [0.4, 0.5) is 0 Å². The number of unbranched alkanes of at least 4 members (excludes halogenated alkanes) is 1. The summed E-state index contributed by atoms with van der Waals surface area (Å²) < 4.78 is 38.4. The first-order chi connectivity index (χ1) is 17.0. The molecule has 1 aliphatic heterocycles. The van der Waals surface area contributed by atoms with Crippen LogP contribution in [0.3, 0.4) is 0 Å². The summed E-state index contributed by atoms with van der Waals surface area (Å²) >= 11 is 0. The Morgan fingerprint density at radius 1 is 1.08 bits per heavy atom. The summed E-state index contributed by atoms with van der Waals surface area (Å²) in [6.07, 6.45) is 2.25. The van der Waals surface area contributed by atoms with Gasteiger partial charge in [-0.2, -0.15) is 12.7 Å². The lowest BCUT2D eigenvalue weighted by Gasteiger charge is -2.37. The van der Waals surface area contributed by atoms with E-state index in [1.165, 1.54) is 14.1 Å². The summed E-state index contributed by atoms with van der Waals surface area (Å²) in [5.74, 6) is -0.307. The maximum atomic E-state index is 13.3. The molecule has 0 saturated carbocycles. The number of methoxy groups -OCH3 is 1. The Hall–Kier alpha value is -3.37. The van der Waals surface area contributed by atoms with Crippen LogP contribution < -0.4 is 19.5 Å². The van der Waals surface area contributed by atoms with E-state index in [2.05, 4.69) is 12.2 Å². The highest BCUT2D eigenvalue weighted by molar-refractivity contribution is 7.87. The van der Waals surface area contributed by atoms with Crippen molar-refractivity contribution < 1.29 is 27.5 Å². The largest absolute Gasteiger partial charge is 0.497 e. The lowest BCUT2D eigenvalue weighted by atomic mass is 9.78. The number of amides is 2. The van der Waals surface area contributed by atoms with Gasteiger partial charge < -0.3 is 14.8 Å². The molecule has 2 aromatic carbocycles. The van der Waals surface area contributed by atoms with Crippen molar-refractivity contribution in [1.82, 2.24) is 14.3 Å². The van der Waals surface area contributed by atoms with Crippen molar-refractivity contribution >= 4 is 27.6 Å². The van der Waals surface area contributed by atoms with Gasteiger partial charge in [-0.3, -0.25) is 9.59 Å². The van der Waals surface area contributed by atoms with E-state index < -0.39 is 27.6 Å². The first-order valence-electron chi connectivity index (χ1n) is 11.7. The van der Waals surface area contributed by atoms with E-state index in [-0.39, 0.29) is 12.0 Å². The van der Waals surface area contributed by atoms with Gasteiger partial charge in [0.15, 0.2) is 0 Å². The highest BCUT2D eigenvalue weighted by Gasteiger charge is 2.40. The van der Waals surface area contributed by atoms with Crippen LogP contribution in [0, 0.1) is 0 Å². The molecule has 0 bridgehead atoms. The first-order valence-corrected chi connectivity index (χ1v) is 13.1. The molecule has 1 atom stereocenters. The van der Waals surface area contributed by atoms with Crippen molar-refractivity contribution in [3.63, 3.8) is 0 Å². The van der Waals surface area contributed by atoms with Crippen LogP contribution in [0.1, 0.15) is 44.2 Å². The van der Waals surface area contributed by atoms with Crippen molar-refractivity contribution in [2.24, 2.45) is 0 Å². The van der Waals surface area contributed by atoms with Gasteiger partial charge in [0.05, 0.1) is 19.3 Å². The van der Waals surface area contributed by atoms with Crippen molar-refractivity contribution in [3.05, 3.63) is 65.2 Å². The molecule has 9 nitrogen and oxygen atoms in total. The molecule has 0 saturated heterocycles. The van der Waals surface area contributed by atoms with Gasteiger partial charge in [-0.1, -0.05) is 37.6 Å². The third-order valence-electron chi connectivity index (χ3n) is 6.07. The Balaban J connectivity index is 2.02. The van der Waals surface area contributed by atoms with Crippen molar-refractivity contribution in [3.8, 4) is 11.5 Å². The molecule has 0 spiro atoms. The second-order valence-electron chi connectivity index (χ2n) is 8.99. The number of ether oxygens (including phenoxy) is 2. The molecule has 10 heteroatoms. The maximum Gasteiger partial charge on any atom is 0.303 e. The number of carbonyl (C=O) groups excluding carboxylic acids is 2. The molecule has 0 aromatic heterocycles. The van der Waals surface area contributed by atoms with E-state index in [4.69, 9.17) is 9.47 Å². The van der Waals surface area contributed by atoms with Gasteiger partial charge >= 0.3 is 10.2 Å². The fraction of sp³-hybridized carbons (Fsp3) is 0.385. The standard InChI is InChI=1S/C26H33N3O6S/c1-6-7-16-35-21-14-10-19(11-15-21)26(2)17-22(18-8-12-20(34-5)13-9-18)23(24(30)27-26)25(31)28-36(32,33)29(3)4/h8-15H,6-7,16-17H2,1-5H3,(H,27,30)(H,28,31)/t26-/m0/s1. The summed E-state index contributed by atoms with van der Waals surface area (Å²) in [4.78, 5) is 26.4. The van der Waals surface area contributed by atoms with Crippen LogP contribution in [0.25, 0.3) is 5.57 Å². The molecule has 2 amide bonds. The minimum absolute atomic E-state index is 0.248. The monoisotopic (exact) mass is 515 g/mol. The normalized spacial score (nSPS) is 18.1. The zero-order valence-corrected chi connectivity index (χ0v) is 22.1. The highest BCUT2D eigenvalue weighted by Crippen LogP contribution is 2.39. The van der Waals surface area contributed by atoms with E-state index >= 15 is 0 Å². The number of nitrogens with one attached hydrogen (secondary N) is 2. The third kappa shape index (κ3) is 6.06. The lowest BCUT2D eigenvalue weighted by molar-refractivity contribution is -0.124. The van der Waals surface area contributed by atoms with E-state index in [0.29, 0.717) is 23.5 Å². The molecule has 0 unspecified atom stereocenters. The van der Waals surface area contributed by atoms with E-state index in [1.807, 2.05) is 35.9 Å². The van der Waals surface area contributed by atoms with Gasteiger partial charge in [0.2, 0.25) is 0 Å². The minimum Gasteiger partial charge on any atom is -0.497 e. The summed E-state index contributed by atoms with van der Waals surface area (Å²) in [6.45, 7) is 4.59. The third-order valence-corrected chi connectivity index (χ3v) is 7.48. The number of rotatable bonds is 10. The maximum absolute atomic E-state index is 13.3. The summed E-state index contributed by atoms with van der Waals surface area (Å²) in [7, 11) is 0.0328. The Bertz CT molecular complexity index is 1240. The number of hydrogen-bond donors (Lipinski definition) is 2. The van der Waals surface area contributed by atoms with Gasteiger partial charge in [0.25, 0.3) is 11.8 Å². The summed E-state index contributed by atoms with van der Waals surface area (Å²) in [5, 5.41) is 2.92. The topological polar surface area (TPSA) is 114 Å². The second-order valence-corrected chi connectivity index (χ2v) is 10.9. The van der Waals surface area contributed by atoms with E-state index in [9.17, 15) is 18.0 Å². The van der Waals surface area contributed by atoms with Crippen molar-refractivity contribution in [2.45, 2.75) is 38.6 Å². The Morgan fingerprint density at radius 3 is 2.25 bits per heavy atom. The smallest absolute Gasteiger partial charge is 0.303 e. The Labute approximate surface area is 212 Å². The molecule has 194 valence electrons. The van der Waals surface area contributed by atoms with Crippen molar-refractivity contribution in [1.29, 1.82) is 0 Å². The van der Waals surface area contributed by atoms with Gasteiger partial charge in [-0.25, -0.2) is 4.72 Å². The van der Waals surface area contributed by atoms with Gasteiger partial charge in [0.1, 0.15) is 17.1 Å².